The van der Waals surface area contributed by atoms with E-state index in [1.54, 1.807) is 13.8 Å². The number of aryl methyl sites for hydroxylation is 2. The standard InChI is InChI=1S/C17H27NO4/c1-5-9-10-18-12-13(6-2)16(17(20)22-8-4)14(18)11-15(19)21-7-3/h12H,5-11H2,1-4H3. The normalized spacial score (nSPS) is 10.5. The average Bonchev–Trinajstić information content (AvgIpc) is 2.83. The van der Waals surface area contributed by atoms with Crippen LogP contribution in [0.25, 0.3) is 0 Å². The van der Waals surface area contributed by atoms with Crippen LogP contribution in [0.1, 0.15) is 62.2 Å². The molecule has 0 fully saturated rings. The second-order valence-electron chi connectivity index (χ2n) is 5.08. The van der Waals surface area contributed by atoms with Crippen molar-refractivity contribution in [2.75, 3.05) is 13.2 Å². The maximum absolute atomic E-state index is 12.3. The Labute approximate surface area is 132 Å². The maximum Gasteiger partial charge on any atom is 0.340 e. The van der Waals surface area contributed by atoms with E-state index in [2.05, 4.69) is 6.92 Å². The lowest BCUT2D eigenvalue weighted by atomic mass is 10.1. The van der Waals surface area contributed by atoms with Crippen molar-refractivity contribution < 1.29 is 19.1 Å². The monoisotopic (exact) mass is 309 g/mol. The molecule has 0 aliphatic heterocycles. The Morgan fingerprint density at radius 3 is 2.32 bits per heavy atom. The number of hydrogen-bond acceptors (Lipinski definition) is 4. The van der Waals surface area contributed by atoms with Crippen LogP contribution in [0.3, 0.4) is 0 Å². The highest BCUT2D eigenvalue weighted by atomic mass is 16.5. The zero-order valence-corrected chi connectivity index (χ0v) is 14.1. The lowest BCUT2D eigenvalue weighted by molar-refractivity contribution is -0.142. The van der Waals surface area contributed by atoms with Gasteiger partial charge in [-0.1, -0.05) is 20.3 Å². The molecule has 0 atom stereocenters. The van der Waals surface area contributed by atoms with Crippen LogP contribution < -0.4 is 0 Å². The Morgan fingerprint density at radius 2 is 1.77 bits per heavy atom. The van der Waals surface area contributed by atoms with E-state index in [0.29, 0.717) is 24.5 Å². The number of carbonyl (C=O) groups excluding carboxylic acids is 2. The number of ether oxygens (including phenoxy) is 2. The maximum atomic E-state index is 12.3. The number of hydrogen-bond donors (Lipinski definition) is 0. The lowest BCUT2D eigenvalue weighted by Gasteiger charge is -2.11. The van der Waals surface area contributed by atoms with Gasteiger partial charge in [-0.3, -0.25) is 4.79 Å². The first-order chi connectivity index (χ1) is 10.6. The van der Waals surface area contributed by atoms with Gasteiger partial charge in [0.05, 0.1) is 25.2 Å². The smallest absolute Gasteiger partial charge is 0.340 e. The SMILES string of the molecule is CCCCn1cc(CC)c(C(=O)OCC)c1CC(=O)OCC. The number of carbonyl (C=O) groups is 2. The summed E-state index contributed by atoms with van der Waals surface area (Å²) in [4.78, 5) is 24.2. The minimum absolute atomic E-state index is 0.103. The molecule has 124 valence electrons. The molecule has 0 N–H and O–H groups in total. The van der Waals surface area contributed by atoms with Gasteiger partial charge in [0.1, 0.15) is 0 Å². The molecule has 0 radical (unpaired) electrons. The highest BCUT2D eigenvalue weighted by molar-refractivity contribution is 5.94. The van der Waals surface area contributed by atoms with Gasteiger partial charge in [0.15, 0.2) is 0 Å². The third-order valence-corrected chi connectivity index (χ3v) is 3.50. The van der Waals surface area contributed by atoms with Gasteiger partial charge in [-0.15, -0.1) is 0 Å². The number of nitrogens with zero attached hydrogens (tertiary/aromatic N) is 1. The highest BCUT2D eigenvalue weighted by Crippen LogP contribution is 2.22. The zero-order valence-electron chi connectivity index (χ0n) is 14.1. The summed E-state index contributed by atoms with van der Waals surface area (Å²) < 4.78 is 12.2. The van der Waals surface area contributed by atoms with Crippen LogP contribution in [0.4, 0.5) is 0 Å². The molecular weight excluding hydrogens is 282 g/mol. The summed E-state index contributed by atoms with van der Waals surface area (Å²) in [6, 6.07) is 0. The molecule has 1 aromatic heterocycles. The Kier molecular flexibility index (Phi) is 7.71. The molecule has 0 aromatic carbocycles. The van der Waals surface area contributed by atoms with E-state index in [1.165, 1.54) is 0 Å². The molecule has 0 bridgehead atoms. The predicted octanol–water partition coefficient (Wildman–Crippen LogP) is 3.13. The van der Waals surface area contributed by atoms with E-state index < -0.39 is 0 Å². The average molecular weight is 309 g/mol. The molecule has 0 amide bonds. The van der Waals surface area contributed by atoms with Gasteiger partial charge in [0.2, 0.25) is 0 Å². The van der Waals surface area contributed by atoms with Crippen LogP contribution in [-0.2, 0) is 33.7 Å². The highest BCUT2D eigenvalue weighted by Gasteiger charge is 2.24. The summed E-state index contributed by atoms with van der Waals surface area (Å²) in [5, 5.41) is 0. The molecule has 0 aliphatic rings. The van der Waals surface area contributed by atoms with Crippen molar-refractivity contribution in [3.8, 4) is 0 Å². The first kappa shape index (κ1) is 18.3. The van der Waals surface area contributed by atoms with Gasteiger partial charge >= 0.3 is 11.9 Å². The van der Waals surface area contributed by atoms with E-state index in [-0.39, 0.29) is 18.4 Å². The van der Waals surface area contributed by atoms with Crippen LogP contribution in [0.15, 0.2) is 6.20 Å². The summed E-state index contributed by atoms with van der Waals surface area (Å²) in [5.74, 6) is -0.666. The van der Waals surface area contributed by atoms with Crippen molar-refractivity contribution >= 4 is 11.9 Å². The molecular formula is C17H27NO4. The number of unbranched alkanes of at least 4 members (excludes halogenated alkanes) is 1. The number of rotatable bonds is 9. The molecule has 0 saturated carbocycles. The van der Waals surface area contributed by atoms with E-state index >= 15 is 0 Å². The van der Waals surface area contributed by atoms with E-state index in [9.17, 15) is 9.59 Å². The van der Waals surface area contributed by atoms with Crippen molar-refractivity contribution in [2.24, 2.45) is 0 Å². The van der Waals surface area contributed by atoms with Gasteiger partial charge < -0.3 is 14.0 Å². The zero-order chi connectivity index (χ0) is 16.5. The fraction of sp³-hybridized carbons (Fsp3) is 0.647. The summed E-state index contributed by atoms with van der Waals surface area (Å²) in [5.41, 5.74) is 2.17. The summed E-state index contributed by atoms with van der Waals surface area (Å²) in [7, 11) is 0. The lowest BCUT2D eigenvalue weighted by Crippen LogP contribution is -2.16. The second kappa shape index (κ2) is 9.28. The van der Waals surface area contributed by atoms with Crippen LogP contribution >= 0.6 is 0 Å². The van der Waals surface area contributed by atoms with Crippen molar-refractivity contribution in [2.45, 2.75) is 59.9 Å². The predicted molar refractivity (Wildman–Crippen MR) is 85.0 cm³/mol. The summed E-state index contributed by atoms with van der Waals surface area (Å²) in [6.45, 7) is 9.11. The third-order valence-electron chi connectivity index (χ3n) is 3.50. The Bertz CT molecular complexity index is 505. The fourth-order valence-electron chi connectivity index (χ4n) is 2.45. The van der Waals surface area contributed by atoms with Crippen molar-refractivity contribution in [3.05, 3.63) is 23.0 Å². The first-order valence-corrected chi connectivity index (χ1v) is 8.12. The van der Waals surface area contributed by atoms with Gasteiger partial charge in [0.25, 0.3) is 0 Å². The van der Waals surface area contributed by atoms with E-state index in [0.717, 1.165) is 31.4 Å². The Morgan fingerprint density at radius 1 is 1.09 bits per heavy atom. The van der Waals surface area contributed by atoms with E-state index in [1.807, 2.05) is 17.7 Å². The molecule has 0 spiro atoms. The molecule has 0 saturated heterocycles. The number of esters is 2. The minimum atomic E-state index is -0.353. The first-order valence-electron chi connectivity index (χ1n) is 8.12. The Balaban J connectivity index is 3.20. The summed E-state index contributed by atoms with van der Waals surface area (Å²) in [6.07, 6.45) is 4.84. The van der Waals surface area contributed by atoms with Crippen LogP contribution in [0, 0.1) is 0 Å². The second-order valence-corrected chi connectivity index (χ2v) is 5.08. The Hall–Kier alpha value is -1.78. The fourth-order valence-corrected chi connectivity index (χ4v) is 2.45. The van der Waals surface area contributed by atoms with Gasteiger partial charge in [-0.25, -0.2) is 4.79 Å². The molecule has 1 heterocycles. The molecule has 5 nitrogen and oxygen atoms in total. The summed E-state index contributed by atoms with van der Waals surface area (Å²) >= 11 is 0. The molecule has 1 rings (SSSR count). The van der Waals surface area contributed by atoms with Gasteiger partial charge in [0, 0.05) is 18.4 Å². The molecule has 5 heteroatoms. The topological polar surface area (TPSA) is 57.5 Å². The molecule has 22 heavy (non-hydrogen) atoms. The van der Waals surface area contributed by atoms with Crippen molar-refractivity contribution in [3.63, 3.8) is 0 Å². The van der Waals surface area contributed by atoms with Crippen molar-refractivity contribution in [1.82, 2.24) is 4.57 Å². The largest absolute Gasteiger partial charge is 0.466 e. The van der Waals surface area contributed by atoms with Crippen LogP contribution in [-0.4, -0.2) is 29.7 Å². The minimum Gasteiger partial charge on any atom is -0.466 e. The third kappa shape index (κ3) is 4.61. The molecule has 0 unspecified atom stereocenters. The quantitative estimate of drug-likeness (QED) is 0.658. The van der Waals surface area contributed by atoms with Gasteiger partial charge in [-0.2, -0.15) is 0 Å². The molecule has 0 aliphatic carbocycles. The van der Waals surface area contributed by atoms with E-state index in [4.69, 9.17) is 9.47 Å². The number of aromatic nitrogens is 1. The van der Waals surface area contributed by atoms with Crippen molar-refractivity contribution in [1.29, 1.82) is 0 Å². The van der Waals surface area contributed by atoms with Crippen LogP contribution in [0.5, 0.6) is 0 Å². The molecule has 1 aromatic rings. The van der Waals surface area contributed by atoms with Gasteiger partial charge in [-0.05, 0) is 32.3 Å². The van der Waals surface area contributed by atoms with Crippen LogP contribution in [0.2, 0.25) is 0 Å².